The third-order valence-corrected chi connectivity index (χ3v) is 28.2. The first kappa shape index (κ1) is 115. The number of carbonyl (C=O) groups is 19. The van der Waals surface area contributed by atoms with E-state index in [1.165, 1.54) is 18.7 Å². The van der Waals surface area contributed by atoms with Crippen molar-refractivity contribution < 1.29 is 117 Å². The number of unbranched alkanes of at least 4 members (excludes halogenated alkanes) is 1. The number of amides is 15. The van der Waals surface area contributed by atoms with Crippen LogP contribution in [0.1, 0.15) is 122 Å². The summed E-state index contributed by atoms with van der Waals surface area (Å²) in [4.78, 5) is 285. The number of aliphatic hydroxyl groups is 1. The fourth-order valence-electron chi connectivity index (χ4n) is 18.2. The predicted molar refractivity (Wildman–Crippen MR) is 540 cm³/mol. The molecule has 0 aliphatic carbocycles. The summed E-state index contributed by atoms with van der Waals surface area (Å²) in [7, 11) is 0. The van der Waals surface area contributed by atoms with E-state index in [0.717, 1.165) is 39.8 Å². The Morgan fingerprint density at radius 3 is 1.59 bits per heavy atom. The molecule has 10 rings (SSSR count). The van der Waals surface area contributed by atoms with Crippen molar-refractivity contribution in [1.29, 1.82) is 0 Å². The number of fused-ring (bicyclic) bond motifs is 3. The van der Waals surface area contributed by atoms with Gasteiger partial charge in [0, 0.05) is 142 Å². The third kappa shape index (κ3) is 36.4. The van der Waals surface area contributed by atoms with E-state index in [0.29, 0.717) is 65.3 Å². The molecule has 4 aliphatic rings. The molecule has 4 saturated heterocycles. The number of carbonyl (C=O) groups excluding carboxylic acids is 15. The normalized spacial score (nSPS) is 21.6. The molecule has 794 valence electrons. The van der Waals surface area contributed by atoms with Crippen molar-refractivity contribution in [3.05, 3.63) is 120 Å². The van der Waals surface area contributed by atoms with Gasteiger partial charge in [-0.25, -0.2) is 0 Å². The summed E-state index contributed by atoms with van der Waals surface area (Å²) in [6, 6.07) is 6.25. The maximum absolute atomic E-state index is 15.7. The molecular formula is C98H136N22O24S2. The van der Waals surface area contributed by atoms with Crippen LogP contribution in [0.3, 0.4) is 0 Å². The zero-order chi connectivity index (χ0) is 106. The Kier molecular flexibility index (Phi) is 43.8. The zero-order valence-electron chi connectivity index (χ0n) is 82.4. The molecule has 4 aliphatic heterocycles. The molecule has 24 N–H and O–H groups in total. The number of benzene rings is 4. The second-order valence-electron chi connectivity index (χ2n) is 38.6. The lowest BCUT2D eigenvalue weighted by Crippen LogP contribution is -2.62. The monoisotopic (exact) mass is 2070 g/mol. The van der Waals surface area contributed by atoms with E-state index >= 15 is 43.2 Å². The van der Waals surface area contributed by atoms with E-state index in [1.807, 2.05) is 18.2 Å². The molecule has 0 bridgehead atoms. The number of aromatic nitrogens is 2. The molecule has 0 unspecified atom stereocenters. The maximum atomic E-state index is 15.7. The largest absolute Gasteiger partial charge is 0.481 e. The van der Waals surface area contributed by atoms with Crippen LogP contribution in [0, 0.1) is 11.3 Å². The number of hydrogen-bond acceptors (Lipinski definition) is 27. The predicted octanol–water partition coefficient (Wildman–Crippen LogP) is -2.58. The summed E-state index contributed by atoms with van der Waals surface area (Å²) in [5, 5.41) is 89.2. The number of nitrogens with two attached hydrogens (primary N) is 2. The number of aromatic amines is 2. The minimum atomic E-state index is -2.14. The molecule has 0 spiro atoms. The number of likely N-dealkylation sites (tertiary alicyclic amines) is 1. The van der Waals surface area contributed by atoms with Crippen LogP contribution in [0.15, 0.2) is 103 Å². The molecule has 0 saturated carbocycles. The number of para-hydroxylation sites is 2. The second-order valence-corrected chi connectivity index (χ2v) is 41.0. The van der Waals surface area contributed by atoms with Gasteiger partial charge in [0.15, 0.2) is 0 Å². The van der Waals surface area contributed by atoms with Crippen LogP contribution in [0.4, 0.5) is 0 Å². The van der Waals surface area contributed by atoms with Gasteiger partial charge in [-0.2, -0.15) is 0 Å². The minimum absolute atomic E-state index is 0.0280. The van der Waals surface area contributed by atoms with Crippen LogP contribution in [0.2, 0.25) is 0 Å². The van der Waals surface area contributed by atoms with E-state index in [1.54, 1.807) is 126 Å². The van der Waals surface area contributed by atoms with Gasteiger partial charge < -0.3 is 121 Å². The van der Waals surface area contributed by atoms with Gasteiger partial charge in [0.05, 0.1) is 45.1 Å². The third-order valence-electron chi connectivity index (χ3n) is 25.7. The van der Waals surface area contributed by atoms with Crippen molar-refractivity contribution in [2.75, 3.05) is 121 Å². The van der Waals surface area contributed by atoms with Crippen LogP contribution in [-0.2, 0) is 110 Å². The number of nitrogens with zero attached hydrogens (tertiary/aromatic N) is 5. The lowest BCUT2D eigenvalue weighted by molar-refractivity contribution is -0.142. The van der Waals surface area contributed by atoms with Gasteiger partial charge in [0.1, 0.15) is 72.5 Å². The number of aliphatic carboxylic acids is 4. The van der Waals surface area contributed by atoms with E-state index < -0.39 is 247 Å². The summed E-state index contributed by atoms with van der Waals surface area (Å²) in [5.41, 5.74) is 13.9. The Balaban J connectivity index is 1.00. The van der Waals surface area contributed by atoms with E-state index in [4.69, 9.17) is 11.5 Å². The molecule has 48 heteroatoms. The molecule has 6 heterocycles. The first-order valence-corrected chi connectivity index (χ1v) is 51.2. The van der Waals surface area contributed by atoms with Gasteiger partial charge in [-0.05, 0) is 129 Å². The Labute approximate surface area is 851 Å². The topological polar surface area (TPSA) is 682 Å². The summed E-state index contributed by atoms with van der Waals surface area (Å²) >= 11 is 1.88. The van der Waals surface area contributed by atoms with E-state index in [9.17, 15) is 73.5 Å². The molecule has 2 aromatic heterocycles. The number of rotatable bonds is 38. The molecule has 46 nitrogen and oxygen atoms in total. The summed E-state index contributed by atoms with van der Waals surface area (Å²) in [6.45, 7) is 7.75. The minimum Gasteiger partial charge on any atom is -0.481 e. The number of aliphatic hydroxyl groups excluding tert-OH is 1. The van der Waals surface area contributed by atoms with Gasteiger partial charge in [0.2, 0.25) is 88.6 Å². The van der Waals surface area contributed by atoms with Crippen LogP contribution in [-0.4, -0.2) is 372 Å². The quantitative estimate of drug-likeness (QED) is 0.0177. The lowest BCUT2D eigenvalue weighted by atomic mass is 9.87. The van der Waals surface area contributed by atoms with E-state index in [-0.39, 0.29) is 134 Å². The zero-order valence-corrected chi connectivity index (χ0v) is 84.1. The molecule has 4 fully saturated rings. The average Bonchev–Trinajstić information content (AvgIpc) is 1.66. The van der Waals surface area contributed by atoms with Crippen molar-refractivity contribution in [2.24, 2.45) is 22.8 Å². The molecule has 13 atom stereocenters. The van der Waals surface area contributed by atoms with Crippen molar-refractivity contribution in [3.63, 3.8) is 0 Å². The highest BCUT2D eigenvalue weighted by atomic mass is 32.2. The SMILES string of the molecule is CC(=O)N[C@@H](Cc1c[nH]c2ccccc12)C(=O)N[C@H](C(=O)N[C@@H](CC(C)(C)C)C(=O)N[C@H]1CSCSC[C@@H](C(=O)N[C@@H](Cc2c[nH]c3ccccc23)C(=O)N2CCC[C@H]2C(N)=O)NC(=O)[C@H](CC(=O)O)NC(=O)[C@H](CCCCNC(=O)CN2CCN(CC(=O)O)CCN(CC(=O)O)CCN(CC(=O)O)CC2)NC(=O)[C@H](Cc2ccc3ccccc3c2)NC(=O)[C@H](CC(N)=O)NC(=O)[C@H](CC2CCNCC2)NC1=O)[C@@H](C)O. The van der Waals surface area contributed by atoms with E-state index in [2.05, 4.69) is 79.1 Å². The van der Waals surface area contributed by atoms with Gasteiger partial charge in [-0.3, -0.25) is 111 Å². The highest BCUT2D eigenvalue weighted by Gasteiger charge is 2.43. The van der Waals surface area contributed by atoms with Gasteiger partial charge in [0.25, 0.3) is 0 Å². The molecule has 4 aromatic carbocycles. The molecular weight excluding hydrogens is 1930 g/mol. The molecule has 146 heavy (non-hydrogen) atoms. The summed E-state index contributed by atoms with van der Waals surface area (Å²) < 4.78 is 0. The fraction of sp³-hybridized carbons (Fsp3) is 0.541. The van der Waals surface area contributed by atoms with Crippen LogP contribution < -0.4 is 80.6 Å². The fourth-order valence-corrected chi connectivity index (χ4v) is 20.4. The second kappa shape index (κ2) is 55.8. The number of thioether (sulfide) groups is 2. The first-order chi connectivity index (χ1) is 69.5. The summed E-state index contributed by atoms with van der Waals surface area (Å²) in [5.74, 6) is -21.3. The standard InChI is InChI=1S/C98H136N22O24S2/c1-56(121)85(115-92(139)71(105-57(2)122)42-62-47-103-66-19-10-8-17-64(62)66)96(143)112-75(46-98(3,4)5)93(140)114-76-53-145-55-146-54-77(95(142)111-74(97(144)120-30-14-22-78(120)86(100)133)43-63-48-104-67-20-11-9-18-65(63)67)113-91(138)73(45-81(125)126)110-87(134)68(21-12-13-27-102-80(124)49-116-31-33-117(50-82(127)128)35-37-119(52-84(131)132)38-36-118(34-32-116)51-83(129)130)106-88(135)70(41-59-23-24-60-15-6-7-16-61(60)39-59)107-90(137)72(44-79(99)123)109-89(136)69(108-94(76)141)40-58-25-28-101-29-26-58/h6-11,15-20,23-24,39,47-48,56,58,68-78,85,101,103-104,121H,12-14,21-22,25-38,40-46,49-55H2,1-5H3,(H2,99,123)(H2,100,133)(H,102,124)(H,105,122)(H,106,135)(H,107,137)(H,108,141)(H,109,136)(H,110,134)(H,111,142)(H,112,143)(H,113,138)(H,114,140)(H,115,139)(H,125,126)(H,127,128)(H,129,130)(H,131,132)/t56-,68+,69+,70+,71+,72+,73+,74+,75+,76+,77+,78+,85+/m1/s1. The van der Waals surface area contributed by atoms with Gasteiger partial charge in [-0.15, -0.1) is 23.5 Å². The Bertz CT molecular complexity index is 5600. The Hall–Kier alpha value is -13.4. The van der Waals surface area contributed by atoms with Crippen molar-refractivity contribution in [3.8, 4) is 0 Å². The Morgan fingerprint density at radius 1 is 0.514 bits per heavy atom. The van der Waals surface area contributed by atoms with Crippen LogP contribution >= 0.6 is 23.5 Å². The first-order valence-electron chi connectivity index (χ1n) is 48.8. The smallest absolute Gasteiger partial charge is 0.317 e. The number of H-pyrrole nitrogens is 2. The van der Waals surface area contributed by atoms with Crippen LogP contribution in [0.25, 0.3) is 32.6 Å². The number of piperidine rings is 1. The lowest BCUT2D eigenvalue weighted by Gasteiger charge is -2.32. The van der Waals surface area contributed by atoms with Crippen molar-refractivity contribution >= 4 is 169 Å². The highest BCUT2D eigenvalue weighted by Crippen LogP contribution is 2.28. The van der Waals surface area contributed by atoms with Crippen molar-refractivity contribution in [2.45, 2.75) is 203 Å². The molecule has 15 amide bonds. The molecule has 0 radical (unpaired) electrons. The summed E-state index contributed by atoms with van der Waals surface area (Å²) in [6.07, 6.45) is -0.559. The number of nitrogens with one attached hydrogen (secondary N) is 15. The highest BCUT2D eigenvalue weighted by molar-refractivity contribution is 8.16. The van der Waals surface area contributed by atoms with Crippen LogP contribution in [0.5, 0.6) is 0 Å². The number of hydrogen-bond donors (Lipinski definition) is 22. The van der Waals surface area contributed by atoms with Crippen molar-refractivity contribution in [1.82, 2.24) is 104 Å². The maximum Gasteiger partial charge on any atom is 0.317 e. The number of carboxylic acids is 4. The van der Waals surface area contributed by atoms with Gasteiger partial charge >= 0.3 is 23.9 Å². The number of primary amides is 2. The van der Waals surface area contributed by atoms with Gasteiger partial charge in [-0.1, -0.05) is 99.6 Å². The average molecular weight is 2070 g/mol. The molecule has 6 aromatic rings. The Morgan fingerprint density at radius 2 is 1.03 bits per heavy atom. The number of carboxylic acid groups (broad SMARTS) is 4.